The molecule has 7 nitrogen and oxygen atoms in total. The van der Waals surface area contributed by atoms with Gasteiger partial charge in [-0.05, 0) is 67.8 Å². The molecule has 1 aliphatic rings. The first-order valence-electron chi connectivity index (χ1n) is 11.1. The van der Waals surface area contributed by atoms with Gasteiger partial charge in [0.1, 0.15) is 11.6 Å². The molecule has 0 N–H and O–H groups in total. The minimum absolute atomic E-state index is 0.176. The van der Waals surface area contributed by atoms with Gasteiger partial charge in [-0.25, -0.2) is 9.78 Å². The molecule has 0 spiro atoms. The van der Waals surface area contributed by atoms with E-state index in [0.29, 0.717) is 16.7 Å². The van der Waals surface area contributed by atoms with Gasteiger partial charge in [0, 0.05) is 10.4 Å². The van der Waals surface area contributed by atoms with Gasteiger partial charge in [0.2, 0.25) is 0 Å². The number of hydrogen-bond donors (Lipinski definition) is 0. The normalized spacial score (nSPS) is 15.6. The molecule has 0 unspecified atom stereocenters. The van der Waals surface area contributed by atoms with Crippen molar-refractivity contribution in [2.75, 3.05) is 7.11 Å². The predicted octanol–water partition coefficient (Wildman–Crippen LogP) is 5.03. The second kappa shape index (κ2) is 10.3. The van der Waals surface area contributed by atoms with Crippen LogP contribution in [0.25, 0.3) is 10.9 Å². The highest BCUT2D eigenvalue weighted by Gasteiger charge is 2.22. The van der Waals surface area contributed by atoms with Crippen LogP contribution in [0.15, 0.2) is 56.8 Å². The third kappa shape index (κ3) is 5.33. The van der Waals surface area contributed by atoms with Crippen LogP contribution in [0.3, 0.4) is 0 Å². The minimum atomic E-state index is -0.700. The summed E-state index contributed by atoms with van der Waals surface area (Å²) in [5, 5.41) is 5.08. The second-order valence-electron chi connectivity index (χ2n) is 8.18. The van der Waals surface area contributed by atoms with E-state index in [0.717, 1.165) is 41.5 Å². The molecule has 1 saturated carbocycles. The van der Waals surface area contributed by atoms with Crippen LogP contribution in [0.4, 0.5) is 0 Å². The number of methoxy groups -OCH3 is 1. The van der Waals surface area contributed by atoms with Gasteiger partial charge >= 0.3 is 5.97 Å². The van der Waals surface area contributed by atoms with E-state index < -0.39 is 12.1 Å². The summed E-state index contributed by atoms with van der Waals surface area (Å²) in [5.74, 6) is 1.04. The Kier molecular flexibility index (Phi) is 7.23. The van der Waals surface area contributed by atoms with Crippen molar-refractivity contribution < 1.29 is 14.3 Å². The van der Waals surface area contributed by atoms with Crippen molar-refractivity contribution in [3.8, 4) is 5.75 Å². The highest BCUT2D eigenvalue weighted by molar-refractivity contribution is 9.10. The number of carbonyl (C=O) groups is 1. The van der Waals surface area contributed by atoms with Crippen molar-refractivity contribution in [1.82, 2.24) is 9.66 Å². The molecule has 1 aliphatic carbocycles. The molecule has 8 heteroatoms. The van der Waals surface area contributed by atoms with Gasteiger partial charge in [-0.15, -0.1) is 0 Å². The number of hydrogen-bond acceptors (Lipinski definition) is 6. The zero-order valence-corrected chi connectivity index (χ0v) is 20.2. The molecule has 0 saturated heterocycles. The fraction of sp³-hybridized carbons (Fsp3) is 0.360. The van der Waals surface area contributed by atoms with Crippen molar-refractivity contribution >= 4 is 39.0 Å². The highest BCUT2D eigenvalue weighted by Crippen LogP contribution is 2.32. The Morgan fingerprint density at radius 3 is 2.61 bits per heavy atom. The Morgan fingerprint density at radius 1 is 1.18 bits per heavy atom. The van der Waals surface area contributed by atoms with Crippen molar-refractivity contribution in [3.63, 3.8) is 0 Å². The van der Waals surface area contributed by atoms with Crippen LogP contribution in [0.5, 0.6) is 5.75 Å². The average Bonchev–Trinajstić information content (AvgIpc) is 2.84. The molecule has 1 heterocycles. The van der Waals surface area contributed by atoms with Gasteiger partial charge in [-0.1, -0.05) is 35.2 Å². The maximum Gasteiger partial charge on any atom is 0.346 e. The van der Waals surface area contributed by atoms with Crippen molar-refractivity contribution in [2.45, 2.75) is 51.0 Å². The summed E-state index contributed by atoms with van der Waals surface area (Å²) < 4.78 is 12.5. The molecule has 2 aromatic carbocycles. The quantitative estimate of drug-likeness (QED) is 0.342. The number of aromatic nitrogens is 2. The molecule has 3 aromatic rings. The summed E-state index contributed by atoms with van der Waals surface area (Å²) in [7, 11) is 1.33. The molecule has 172 valence electrons. The van der Waals surface area contributed by atoms with E-state index in [1.807, 2.05) is 24.3 Å². The smallest absolute Gasteiger partial charge is 0.346 e. The Bertz CT molecular complexity index is 1230. The topological polar surface area (TPSA) is 82.8 Å². The molecular weight excluding hydrogens is 486 g/mol. The van der Waals surface area contributed by atoms with Crippen LogP contribution in [-0.2, 0) is 9.53 Å². The molecule has 4 rings (SSSR count). The van der Waals surface area contributed by atoms with Gasteiger partial charge in [0.05, 0.1) is 24.2 Å². The third-order valence-corrected chi connectivity index (χ3v) is 6.35. The van der Waals surface area contributed by atoms with E-state index in [1.165, 1.54) is 18.2 Å². The van der Waals surface area contributed by atoms with E-state index in [4.69, 9.17) is 9.72 Å². The first-order valence-corrected chi connectivity index (χ1v) is 11.9. The monoisotopic (exact) mass is 511 g/mol. The standard InChI is InChI=1S/C25H26BrN3O4/c1-16(25(31)32-2)33-20-11-8-17(9-12-20)15-27-29-23(18-6-4-3-5-7-18)28-22-13-10-19(26)14-21(22)24(29)30/h8-16,18H,3-7H2,1-2H3/t16-/m1/s1. The highest BCUT2D eigenvalue weighted by atomic mass is 79.9. The van der Waals surface area contributed by atoms with Crippen LogP contribution in [-0.4, -0.2) is 35.1 Å². The van der Waals surface area contributed by atoms with E-state index in [2.05, 4.69) is 25.8 Å². The molecule has 1 fully saturated rings. The number of fused-ring (bicyclic) bond motifs is 1. The summed E-state index contributed by atoms with van der Waals surface area (Å²) in [4.78, 5) is 29.7. The maximum absolute atomic E-state index is 13.4. The molecular formula is C25H26BrN3O4. The van der Waals surface area contributed by atoms with E-state index >= 15 is 0 Å². The second-order valence-corrected chi connectivity index (χ2v) is 9.10. The largest absolute Gasteiger partial charge is 0.479 e. The number of rotatable bonds is 6. The third-order valence-electron chi connectivity index (χ3n) is 5.85. The van der Waals surface area contributed by atoms with Crippen LogP contribution >= 0.6 is 15.9 Å². The van der Waals surface area contributed by atoms with Crippen molar-refractivity contribution in [1.29, 1.82) is 0 Å². The molecule has 1 aromatic heterocycles. The van der Waals surface area contributed by atoms with Crippen LogP contribution in [0.2, 0.25) is 0 Å². The Labute approximate surface area is 200 Å². The average molecular weight is 512 g/mol. The van der Waals surface area contributed by atoms with E-state index in [9.17, 15) is 9.59 Å². The van der Waals surface area contributed by atoms with Gasteiger partial charge < -0.3 is 9.47 Å². The SMILES string of the molecule is COC(=O)[C@@H](C)Oc1ccc(C=Nn2c(C3CCCCC3)nc3ccc(Br)cc3c2=O)cc1. The zero-order chi connectivity index (χ0) is 23.4. The lowest BCUT2D eigenvalue weighted by Crippen LogP contribution is -2.25. The molecule has 0 aliphatic heterocycles. The number of esters is 1. The lowest BCUT2D eigenvalue weighted by molar-refractivity contribution is -0.147. The Balaban J connectivity index is 1.66. The molecule has 33 heavy (non-hydrogen) atoms. The van der Waals surface area contributed by atoms with Crippen LogP contribution < -0.4 is 10.3 Å². The summed E-state index contributed by atoms with van der Waals surface area (Å²) in [6.07, 6.45) is 6.44. The number of nitrogens with zero attached hydrogens (tertiary/aromatic N) is 3. The van der Waals surface area contributed by atoms with Crippen LogP contribution in [0.1, 0.15) is 56.3 Å². The number of carbonyl (C=O) groups excluding carboxylic acids is 1. The zero-order valence-electron chi connectivity index (χ0n) is 18.7. The number of halogens is 1. The van der Waals surface area contributed by atoms with Gasteiger partial charge in [0.15, 0.2) is 6.10 Å². The Hall–Kier alpha value is -3.00. The van der Waals surface area contributed by atoms with Crippen molar-refractivity contribution in [3.05, 3.63) is 68.7 Å². The van der Waals surface area contributed by atoms with E-state index in [1.54, 1.807) is 31.3 Å². The van der Waals surface area contributed by atoms with Crippen LogP contribution in [0, 0.1) is 0 Å². The van der Waals surface area contributed by atoms with E-state index in [-0.39, 0.29) is 11.5 Å². The lowest BCUT2D eigenvalue weighted by atomic mass is 9.88. The first-order chi connectivity index (χ1) is 16.0. The maximum atomic E-state index is 13.4. The number of benzene rings is 2. The molecule has 1 atom stereocenters. The van der Waals surface area contributed by atoms with Crippen molar-refractivity contribution in [2.24, 2.45) is 5.10 Å². The number of ether oxygens (including phenoxy) is 2. The summed E-state index contributed by atoms with van der Waals surface area (Å²) in [6, 6.07) is 12.7. The predicted molar refractivity (Wildman–Crippen MR) is 131 cm³/mol. The fourth-order valence-corrected chi connectivity index (χ4v) is 4.44. The Morgan fingerprint density at radius 2 is 1.91 bits per heavy atom. The summed E-state index contributed by atoms with van der Waals surface area (Å²) >= 11 is 3.44. The molecule has 0 amide bonds. The lowest BCUT2D eigenvalue weighted by Gasteiger charge is -2.22. The van der Waals surface area contributed by atoms with Gasteiger partial charge in [-0.3, -0.25) is 4.79 Å². The minimum Gasteiger partial charge on any atom is -0.479 e. The fourth-order valence-electron chi connectivity index (χ4n) is 4.08. The molecule has 0 radical (unpaired) electrons. The van der Waals surface area contributed by atoms with Gasteiger partial charge in [-0.2, -0.15) is 9.78 Å². The summed E-state index contributed by atoms with van der Waals surface area (Å²) in [5.41, 5.74) is 1.31. The summed E-state index contributed by atoms with van der Waals surface area (Å²) in [6.45, 7) is 1.63. The molecule has 0 bridgehead atoms. The van der Waals surface area contributed by atoms with Gasteiger partial charge in [0.25, 0.3) is 5.56 Å². The first kappa shape index (κ1) is 23.2.